The van der Waals surface area contributed by atoms with Crippen LogP contribution in [0.25, 0.3) is 11.1 Å². The van der Waals surface area contributed by atoms with Crippen molar-refractivity contribution in [2.75, 3.05) is 13.2 Å². The summed E-state index contributed by atoms with van der Waals surface area (Å²) in [6.45, 7) is 3.03. The number of hydrogen-bond acceptors (Lipinski definition) is 3. The summed E-state index contributed by atoms with van der Waals surface area (Å²) in [7, 11) is 0. The van der Waals surface area contributed by atoms with E-state index in [2.05, 4.69) is 42.5 Å². The number of hydrogen-bond donors (Lipinski definition) is 1. The zero-order valence-corrected chi connectivity index (χ0v) is 12.1. The molecule has 3 nitrogen and oxygen atoms in total. The summed E-state index contributed by atoms with van der Waals surface area (Å²) in [6, 6.07) is 15.1. The molecule has 2 aliphatic rings. The van der Waals surface area contributed by atoms with Crippen molar-refractivity contribution >= 4 is 0 Å². The van der Waals surface area contributed by atoms with Crippen LogP contribution in [0.3, 0.4) is 0 Å². The average molecular weight is 281 g/mol. The van der Waals surface area contributed by atoms with Crippen molar-refractivity contribution < 1.29 is 9.47 Å². The molecule has 3 heteroatoms. The van der Waals surface area contributed by atoms with E-state index in [-0.39, 0.29) is 6.10 Å². The van der Waals surface area contributed by atoms with E-state index in [9.17, 15) is 0 Å². The minimum atomic E-state index is -0.673. The minimum Gasteiger partial charge on any atom is -0.343 e. The van der Waals surface area contributed by atoms with Gasteiger partial charge in [0.15, 0.2) is 5.79 Å². The monoisotopic (exact) mass is 281 g/mol. The van der Waals surface area contributed by atoms with Gasteiger partial charge in [-0.2, -0.15) is 0 Å². The molecule has 1 fully saturated rings. The van der Waals surface area contributed by atoms with Gasteiger partial charge in [-0.05, 0) is 41.7 Å². The average Bonchev–Trinajstić information content (AvgIpc) is 3.08. The van der Waals surface area contributed by atoms with Gasteiger partial charge in [-0.3, -0.25) is 0 Å². The predicted molar refractivity (Wildman–Crippen MR) is 81.9 cm³/mol. The molecule has 2 aromatic rings. The number of nitrogens with two attached hydrogens (primary N) is 1. The van der Waals surface area contributed by atoms with Gasteiger partial charge in [-0.25, -0.2) is 0 Å². The Labute approximate surface area is 124 Å². The second-order valence-corrected chi connectivity index (χ2v) is 5.94. The molecule has 0 radical (unpaired) electrons. The van der Waals surface area contributed by atoms with Crippen molar-refractivity contribution in [2.24, 2.45) is 5.73 Å². The predicted octanol–water partition coefficient (Wildman–Crippen LogP) is 2.80. The molecule has 4 rings (SSSR count). The van der Waals surface area contributed by atoms with Crippen LogP contribution >= 0.6 is 0 Å². The van der Waals surface area contributed by atoms with Crippen molar-refractivity contribution in [3.63, 3.8) is 0 Å². The van der Waals surface area contributed by atoms with E-state index < -0.39 is 5.79 Å². The topological polar surface area (TPSA) is 44.5 Å². The fraction of sp³-hybridized carbons (Fsp3) is 0.333. The molecule has 2 N–H and O–H groups in total. The SMILES string of the molecule is CC1(c2ccc3c(c2)Cc2ccccc2-3)OCC(CN)O1. The standard InChI is InChI=1S/C18H19NO2/c1-18(20-11-15(10-19)21-18)14-6-7-17-13(9-14)8-12-4-2-3-5-16(12)17/h2-7,9,15H,8,10-11,19H2,1H3. The molecule has 1 aliphatic heterocycles. The van der Waals surface area contributed by atoms with E-state index in [1.807, 2.05) is 6.92 Å². The lowest BCUT2D eigenvalue weighted by Crippen LogP contribution is -2.27. The molecular formula is C18H19NO2. The third kappa shape index (κ3) is 2.01. The summed E-state index contributed by atoms with van der Waals surface area (Å²) >= 11 is 0. The Morgan fingerprint density at radius 3 is 2.76 bits per heavy atom. The van der Waals surface area contributed by atoms with Gasteiger partial charge in [-0.1, -0.05) is 36.4 Å². The van der Waals surface area contributed by atoms with Crippen LogP contribution in [0.5, 0.6) is 0 Å². The molecular weight excluding hydrogens is 262 g/mol. The van der Waals surface area contributed by atoms with Gasteiger partial charge in [0.05, 0.1) is 12.7 Å². The van der Waals surface area contributed by atoms with E-state index in [4.69, 9.17) is 15.2 Å². The molecule has 2 aromatic carbocycles. The highest BCUT2D eigenvalue weighted by atomic mass is 16.7. The number of rotatable bonds is 2. The number of benzene rings is 2. The van der Waals surface area contributed by atoms with Crippen molar-refractivity contribution in [2.45, 2.75) is 25.2 Å². The summed E-state index contributed by atoms with van der Waals surface area (Å²) in [5.41, 5.74) is 12.2. The first-order valence-corrected chi connectivity index (χ1v) is 7.43. The second-order valence-electron chi connectivity index (χ2n) is 5.94. The Kier molecular flexibility index (Phi) is 2.89. The van der Waals surface area contributed by atoms with E-state index in [1.54, 1.807) is 0 Å². The van der Waals surface area contributed by atoms with Gasteiger partial charge in [0.2, 0.25) is 0 Å². The highest BCUT2D eigenvalue weighted by molar-refractivity contribution is 5.77. The van der Waals surface area contributed by atoms with Crippen LogP contribution in [0.2, 0.25) is 0 Å². The summed E-state index contributed by atoms with van der Waals surface area (Å²) < 4.78 is 11.8. The Morgan fingerprint density at radius 1 is 1.14 bits per heavy atom. The van der Waals surface area contributed by atoms with E-state index in [1.165, 1.54) is 22.3 Å². The normalized spacial score (nSPS) is 26.7. The Bertz CT molecular complexity index is 697. The molecule has 0 aromatic heterocycles. The van der Waals surface area contributed by atoms with E-state index in [0.29, 0.717) is 13.2 Å². The van der Waals surface area contributed by atoms with Crippen molar-refractivity contribution in [1.82, 2.24) is 0 Å². The first-order chi connectivity index (χ1) is 10.2. The Morgan fingerprint density at radius 2 is 1.95 bits per heavy atom. The van der Waals surface area contributed by atoms with Crippen molar-refractivity contribution in [3.05, 3.63) is 59.2 Å². The lowest BCUT2D eigenvalue weighted by molar-refractivity contribution is -0.160. The Hall–Kier alpha value is -1.68. The molecule has 0 spiro atoms. The summed E-state index contributed by atoms with van der Waals surface area (Å²) in [5, 5.41) is 0. The van der Waals surface area contributed by atoms with Crippen LogP contribution in [0.4, 0.5) is 0 Å². The van der Waals surface area contributed by atoms with E-state index >= 15 is 0 Å². The highest BCUT2D eigenvalue weighted by Crippen LogP contribution is 2.40. The molecule has 0 saturated carbocycles. The zero-order chi connectivity index (χ0) is 14.4. The minimum absolute atomic E-state index is 0.0135. The lowest BCUT2D eigenvalue weighted by atomic mass is 9.99. The third-order valence-corrected chi connectivity index (χ3v) is 4.52. The number of ether oxygens (including phenoxy) is 2. The summed E-state index contributed by atoms with van der Waals surface area (Å²) in [4.78, 5) is 0. The van der Waals surface area contributed by atoms with Gasteiger partial charge >= 0.3 is 0 Å². The van der Waals surface area contributed by atoms with Gasteiger partial charge < -0.3 is 15.2 Å². The fourth-order valence-corrected chi connectivity index (χ4v) is 3.33. The fourth-order valence-electron chi connectivity index (χ4n) is 3.33. The molecule has 1 heterocycles. The maximum absolute atomic E-state index is 5.97. The van der Waals surface area contributed by atoms with Crippen LogP contribution in [0, 0.1) is 0 Å². The summed E-state index contributed by atoms with van der Waals surface area (Å²) in [5.74, 6) is -0.673. The second kappa shape index (κ2) is 4.67. The largest absolute Gasteiger partial charge is 0.343 e. The summed E-state index contributed by atoms with van der Waals surface area (Å²) in [6.07, 6.45) is 0.968. The zero-order valence-electron chi connectivity index (χ0n) is 12.1. The molecule has 2 unspecified atom stereocenters. The molecule has 1 saturated heterocycles. The Balaban J connectivity index is 1.71. The molecule has 21 heavy (non-hydrogen) atoms. The van der Waals surface area contributed by atoms with Crippen LogP contribution in [0.15, 0.2) is 42.5 Å². The third-order valence-electron chi connectivity index (χ3n) is 4.52. The molecule has 0 amide bonds. The molecule has 108 valence electrons. The van der Waals surface area contributed by atoms with Gasteiger partial charge in [0.1, 0.15) is 0 Å². The maximum atomic E-state index is 5.97. The lowest BCUT2D eigenvalue weighted by Gasteiger charge is -2.24. The number of fused-ring (bicyclic) bond motifs is 3. The van der Waals surface area contributed by atoms with Crippen LogP contribution < -0.4 is 5.73 Å². The molecule has 1 aliphatic carbocycles. The van der Waals surface area contributed by atoms with Crippen LogP contribution in [-0.2, 0) is 21.7 Å². The molecule has 2 atom stereocenters. The van der Waals surface area contributed by atoms with Crippen LogP contribution in [-0.4, -0.2) is 19.3 Å². The van der Waals surface area contributed by atoms with Gasteiger partial charge in [0, 0.05) is 12.1 Å². The van der Waals surface area contributed by atoms with Crippen molar-refractivity contribution in [3.8, 4) is 11.1 Å². The van der Waals surface area contributed by atoms with Crippen molar-refractivity contribution in [1.29, 1.82) is 0 Å². The quantitative estimate of drug-likeness (QED) is 0.785. The highest BCUT2D eigenvalue weighted by Gasteiger charge is 2.38. The van der Waals surface area contributed by atoms with E-state index in [0.717, 1.165) is 12.0 Å². The smallest absolute Gasteiger partial charge is 0.192 e. The molecule has 0 bridgehead atoms. The first kappa shape index (κ1) is 13.0. The van der Waals surface area contributed by atoms with Gasteiger partial charge in [0.25, 0.3) is 0 Å². The maximum Gasteiger partial charge on any atom is 0.192 e. The van der Waals surface area contributed by atoms with Gasteiger partial charge in [-0.15, -0.1) is 0 Å². The first-order valence-electron chi connectivity index (χ1n) is 7.43. The van der Waals surface area contributed by atoms with Crippen LogP contribution in [0.1, 0.15) is 23.6 Å².